The average molecular weight is 528 g/mol. The van der Waals surface area contributed by atoms with Crippen molar-refractivity contribution >= 4 is 27.5 Å². The molecule has 1 aliphatic carbocycles. The smallest absolute Gasteiger partial charge is 0.244 e. The zero-order valence-corrected chi connectivity index (χ0v) is 23.2. The average Bonchev–Trinajstić information content (AvgIpc) is 2.90. The van der Waals surface area contributed by atoms with Crippen molar-refractivity contribution in [2.45, 2.75) is 77.3 Å². The number of para-hydroxylation sites is 1. The molecule has 0 aliphatic heterocycles. The summed E-state index contributed by atoms with van der Waals surface area (Å²) < 4.78 is 26.9. The number of nitrogens with zero attached hydrogens (tertiary/aromatic N) is 2. The van der Waals surface area contributed by atoms with Crippen LogP contribution < -0.4 is 9.62 Å². The zero-order valence-electron chi connectivity index (χ0n) is 22.4. The van der Waals surface area contributed by atoms with E-state index in [0.717, 1.165) is 43.1 Å². The number of hydrogen-bond acceptors (Lipinski definition) is 4. The third-order valence-corrected chi connectivity index (χ3v) is 8.27. The predicted octanol–water partition coefficient (Wildman–Crippen LogP) is 4.31. The van der Waals surface area contributed by atoms with Crippen molar-refractivity contribution < 1.29 is 18.0 Å². The van der Waals surface area contributed by atoms with Gasteiger partial charge in [-0.15, -0.1) is 0 Å². The quantitative estimate of drug-likeness (QED) is 0.446. The maximum atomic E-state index is 13.8. The minimum atomic E-state index is -3.74. The van der Waals surface area contributed by atoms with Crippen LogP contribution in [0.4, 0.5) is 5.69 Å². The predicted molar refractivity (Wildman–Crippen MR) is 149 cm³/mol. The van der Waals surface area contributed by atoms with Crippen LogP contribution in [0.25, 0.3) is 0 Å². The summed E-state index contributed by atoms with van der Waals surface area (Å²) >= 11 is 0. The summed E-state index contributed by atoms with van der Waals surface area (Å²) in [5, 5.41) is 3.17. The normalized spacial score (nSPS) is 15.1. The van der Waals surface area contributed by atoms with Crippen molar-refractivity contribution in [3.8, 4) is 0 Å². The van der Waals surface area contributed by atoms with E-state index >= 15 is 0 Å². The molecule has 1 N–H and O–H groups in total. The van der Waals surface area contributed by atoms with Crippen molar-refractivity contribution in [3.05, 3.63) is 65.7 Å². The number of rotatable bonds is 12. The van der Waals surface area contributed by atoms with E-state index in [9.17, 15) is 18.0 Å². The molecule has 1 aliphatic rings. The monoisotopic (exact) mass is 527 g/mol. The van der Waals surface area contributed by atoms with Crippen LogP contribution in [0.5, 0.6) is 0 Å². The number of hydrogen-bond donors (Lipinski definition) is 1. The fourth-order valence-corrected chi connectivity index (χ4v) is 5.97. The fraction of sp³-hybridized carbons (Fsp3) is 0.517. The van der Waals surface area contributed by atoms with Gasteiger partial charge in [0.2, 0.25) is 21.8 Å². The highest BCUT2D eigenvalue weighted by Crippen LogP contribution is 2.24. The minimum Gasteiger partial charge on any atom is -0.352 e. The second-order valence-electron chi connectivity index (χ2n) is 9.84. The number of sulfonamides is 1. The maximum absolute atomic E-state index is 13.8. The van der Waals surface area contributed by atoms with E-state index in [1.54, 1.807) is 17.0 Å². The summed E-state index contributed by atoms with van der Waals surface area (Å²) in [6, 6.07) is 16.5. The van der Waals surface area contributed by atoms with Gasteiger partial charge >= 0.3 is 0 Å². The standard InChI is InChI=1S/C29H41N3O4S/c1-4-24-16-12-13-19-27(24)32(37(3,35)36)22-28(33)31(21-20-23-14-8-6-9-15-23)26(5-2)29(34)30-25-17-10-7-11-18-25/h6,8-9,12-16,19,25-26H,4-5,7,10-11,17-18,20-22H2,1-3H3,(H,30,34)/t26-/m1/s1. The number of benzene rings is 2. The topological polar surface area (TPSA) is 86.8 Å². The lowest BCUT2D eigenvalue weighted by Gasteiger charge is -2.34. The highest BCUT2D eigenvalue weighted by Gasteiger charge is 2.32. The molecular weight excluding hydrogens is 486 g/mol. The largest absolute Gasteiger partial charge is 0.352 e. The van der Waals surface area contributed by atoms with Crippen molar-refractivity contribution in [2.75, 3.05) is 23.7 Å². The first-order chi connectivity index (χ1) is 17.7. The highest BCUT2D eigenvalue weighted by atomic mass is 32.2. The fourth-order valence-electron chi connectivity index (χ4n) is 5.09. The van der Waals surface area contributed by atoms with Crippen LogP contribution in [0.1, 0.15) is 63.5 Å². The van der Waals surface area contributed by atoms with Gasteiger partial charge in [-0.05, 0) is 49.3 Å². The van der Waals surface area contributed by atoms with Gasteiger partial charge in [0.15, 0.2) is 0 Å². The summed E-state index contributed by atoms with van der Waals surface area (Å²) in [7, 11) is -3.74. The van der Waals surface area contributed by atoms with Gasteiger partial charge in [0.25, 0.3) is 0 Å². The Morgan fingerprint density at radius 1 is 0.973 bits per heavy atom. The Morgan fingerprint density at radius 3 is 2.24 bits per heavy atom. The van der Waals surface area contributed by atoms with Gasteiger partial charge in [-0.2, -0.15) is 0 Å². The molecule has 7 nitrogen and oxygen atoms in total. The molecule has 0 aromatic heterocycles. The Balaban J connectivity index is 1.88. The molecule has 0 radical (unpaired) electrons. The molecule has 0 unspecified atom stereocenters. The lowest BCUT2D eigenvalue weighted by molar-refractivity contribution is -0.140. The van der Waals surface area contributed by atoms with Crippen LogP contribution in [-0.2, 0) is 32.5 Å². The first-order valence-corrected chi connectivity index (χ1v) is 15.3. The number of carbonyl (C=O) groups is 2. The molecule has 1 saturated carbocycles. The Kier molecular flexibility index (Phi) is 10.6. The van der Waals surface area contributed by atoms with Crippen LogP contribution in [0.2, 0.25) is 0 Å². The van der Waals surface area contributed by atoms with E-state index in [0.29, 0.717) is 31.5 Å². The Morgan fingerprint density at radius 2 is 1.62 bits per heavy atom. The first-order valence-electron chi connectivity index (χ1n) is 13.4. The molecule has 1 atom stereocenters. The van der Waals surface area contributed by atoms with Gasteiger partial charge in [-0.1, -0.05) is 81.6 Å². The Bertz CT molecular complexity index is 1130. The van der Waals surface area contributed by atoms with Crippen molar-refractivity contribution in [1.82, 2.24) is 10.2 Å². The highest BCUT2D eigenvalue weighted by molar-refractivity contribution is 7.92. The molecular formula is C29H41N3O4S. The molecule has 3 rings (SSSR count). The molecule has 0 saturated heterocycles. The molecule has 2 aromatic rings. The minimum absolute atomic E-state index is 0.130. The number of aryl methyl sites for hydroxylation is 1. The summed E-state index contributed by atoms with van der Waals surface area (Å²) in [6.07, 6.45) is 8.06. The lowest BCUT2D eigenvalue weighted by Crippen LogP contribution is -2.54. The van der Waals surface area contributed by atoms with Crippen LogP contribution in [-0.4, -0.2) is 56.6 Å². The molecule has 2 aromatic carbocycles. The van der Waals surface area contributed by atoms with Gasteiger partial charge in [0, 0.05) is 12.6 Å². The molecule has 8 heteroatoms. The van der Waals surface area contributed by atoms with Crippen LogP contribution in [0.3, 0.4) is 0 Å². The summed E-state index contributed by atoms with van der Waals surface area (Å²) in [5.74, 6) is -0.534. The SMILES string of the molecule is CCc1ccccc1N(CC(=O)N(CCc1ccccc1)[C@H](CC)C(=O)NC1CCCCC1)S(C)(=O)=O. The van der Waals surface area contributed by atoms with E-state index in [-0.39, 0.29) is 24.4 Å². The molecule has 0 heterocycles. The number of nitrogens with one attached hydrogen (secondary N) is 1. The third kappa shape index (κ3) is 8.06. The van der Waals surface area contributed by atoms with E-state index in [1.165, 1.54) is 10.7 Å². The summed E-state index contributed by atoms with van der Waals surface area (Å²) in [6.45, 7) is 3.83. The maximum Gasteiger partial charge on any atom is 0.244 e. The Hall–Kier alpha value is -2.87. The Labute approximate surface area is 222 Å². The second kappa shape index (κ2) is 13.6. The summed E-state index contributed by atoms with van der Waals surface area (Å²) in [4.78, 5) is 28.8. The molecule has 0 spiro atoms. The van der Waals surface area contributed by atoms with Gasteiger partial charge in [0.1, 0.15) is 12.6 Å². The van der Waals surface area contributed by atoms with E-state index in [1.807, 2.05) is 56.3 Å². The van der Waals surface area contributed by atoms with Gasteiger partial charge in [-0.25, -0.2) is 8.42 Å². The summed E-state index contributed by atoms with van der Waals surface area (Å²) in [5.41, 5.74) is 2.40. The van der Waals surface area contributed by atoms with E-state index in [4.69, 9.17) is 0 Å². The van der Waals surface area contributed by atoms with Crippen LogP contribution >= 0.6 is 0 Å². The number of carbonyl (C=O) groups excluding carboxylic acids is 2. The number of amides is 2. The third-order valence-electron chi connectivity index (χ3n) is 7.14. The molecule has 37 heavy (non-hydrogen) atoms. The van der Waals surface area contributed by atoms with Gasteiger partial charge in [-0.3, -0.25) is 13.9 Å². The lowest BCUT2D eigenvalue weighted by atomic mass is 9.95. The van der Waals surface area contributed by atoms with Crippen LogP contribution in [0.15, 0.2) is 54.6 Å². The van der Waals surface area contributed by atoms with Crippen molar-refractivity contribution in [1.29, 1.82) is 0 Å². The molecule has 202 valence electrons. The van der Waals surface area contributed by atoms with E-state index in [2.05, 4.69) is 5.32 Å². The second-order valence-corrected chi connectivity index (χ2v) is 11.7. The molecule has 0 bridgehead atoms. The van der Waals surface area contributed by atoms with Gasteiger partial charge in [0.05, 0.1) is 11.9 Å². The number of anilines is 1. The van der Waals surface area contributed by atoms with E-state index < -0.39 is 16.1 Å². The van der Waals surface area contributed by atoms with Crippen molar-refractivity contribution in [3.63, 3.8) is 0 Å². The van der Waals surface area contributed by atoms with Crippen molar-refractivity contribution in [2.24, 2.45) is 0 Å². The van der Waals surface area contributed by atoms with Crippen LogP contribution in [0, 0.1) is 0 Å². The first kappa shape index (κ1) is 28.7. The molecule has 2 amide bonds. The zero-order chi connectivity index (χ0) is 26.8. The molecule has 1 fully saturated rings. The van der Waals surface area contributed by atoms with Gasteiger partial charge < -0.3 is 10.2 Å².